The number of hydrogen-bond donors (Lipinski definition) is 0. The van der Waals surface area contributed by atoms with Crippen LogP contribution in [0.5, 0.6) is 0 Å². The van der Waals surface area contributed by atoms with Crippen molar-refractivity contribution in [3.63, 3.8) is 0 Å². The van der Waals surface area contributed by atoms with Gasteiger partial charge in [0, 0.05) is 43.2 Å². The highest BCUT2D eigenvalue weighted by atomic mass is 19.4. The van der Waals surface area contributed by atoms with Gasteiger partial charge in [0.2, 0.25) is 0 Å². The summed E-state index contributed by atoms with van der Waals surface area (Å²) in [5, 5.41) is 8.37. The van der Waals surface area contributed by atoms with Crippen LogP contribution < -0.4 is 0 Å². The van der Waals surface area contributed by atoms with E-state index in [1.807, 2.05) is 25.1 Å². The molecular formula is C21H21F3N8. The first kappa shape index (κ1) is 21.6. The Morgan fingerprint density at radius 3 is 2.75 bits per heavy atom. The second-order valence-corrected chi connectivity index (χ2v) is 7.22. The molecule has 0 fully saturated rings. The molecule has 8 nitrogen and oxygen atoms in total. The summed E-state index contributed by atoms with van der Waals surface area (Å²) in [6.07, 6.45) is 2.73. The molecule has 4 aromatic rings. The summed E-state index contributed by atoms with van der Waals surface area (Å²) in [7, 11) is 1.68. The molecule has 0 saturated carbocycles. The highest BCUT2D eigenvalue weighted by molar-refractivity contribution is 5.83. The lowest BCUT2D eigenvalue weighted by Crippen LogP contribution is -2.12. The fourth-order valence-electron chi connectivity index (χ4n) is 3.55. The number of halogens is 3. The van der Waals surface area contributed by atoms with Crippen LogP contribution >= 0.6 is 0 Å². The Morgan fingerprint density at radius 2 is 2.00 bits per heavy atom. The summed E-state index contributed by atoms with van der Waals surface area (Å²) >= 11 is 0. The molecule has 4 rings (SSSR count). The van der Waals surface area contributed by atoms with Gasteiger partial charge in [-0.25, -0.2) is 24.1 Å². The van der Waals surface area contributed by atoms with Crippen LogP contribution in [0.25, 0.3) is 11.5 Å². The monoisotopic (exact) mass is 442 g/mol. The molecular weight excluding hydrogens is 421 g/mol. The number of rotatable bonds is 7. The molecule has 0 N–H and O–H groups in total. The Labute approximate surface area is 181 Å². The zero-order valence-corrected chi connectivity index (χ0v) is 17.6. The van der Waals surface area contributed by atoms with Crippen molar-refractivity contribution < 1.29 is 13.2 Å². The molecule has 32 heavy (non-hydrogen) atoms. The van der Waals surface area contributed by atoms with E-state index in [0.29, 0.717) is 30.0 Å². The average Bonchev–Trinajstić information content (AvgIpc) is 3.36. The molecule has 0 aliphatic rings. The number of hydrogen-bond acceptors (Lipinski definition) is 6. The van der Waals surface area contributed by atoms with E-state index in [1.165, 1.54) is 10.8 Å². The van der Waals surface area contributed by atoms with Crippen molar-refractivity contribution in [2.45, 2.75) is 38.8 Å². The number of aryl methyl sites for hydroxylation is 1. The molecule has 166 valence electrons. The van der Waals surface area contributed by atoms with E-state index < -0.39 is 12.6 Å². The van der Waals surface area contributed by atoms with E-state index in [2.05, 4.69) is 30.1 Å². The van der Waals surface area contributed by atoms with E-state index in [4.69, 9.17) is 0 Å². The highest BCUT2D eigenvalue weighted by Gasteiger charge is 2.30. The zero-order valence-electron chi connectivity index (χ0n) is 17.6. The van der Waals surface area contributed by atoms with Gasteiger partial charge < -0.3 is 0 Å². The molecule has 0 spiro atoms. The van der Waals surface area contributed by atoms with Gasteiger partial charge in [0.25, 0.3) is 0 Å². The van der Waals surface area contributed by atoms with Gasteiger partial charge >= 0.3 is 6.18 Å². The lowest BCUT2D eigenvalue weighted by Gasteiger charge is -2.11. The summed E-state index contributed by atoms with van der Waals surface area (Å²) < 4.78 is 41.5. The second-order valence-electron chi connectivity index (χ2n) is 7.22. The van der Waals surface area contributed by atoms with Gasteiger partial charge in [0.1, 0.15) is 12.7 Å². The van der Waals surface area contributed by atoms with E-state index in [0.717, 1.165) is 23.2 Å². The fraction of sp³-hybridized carbons (Fsp3) is 0.333. The van der Waals surface area contributed by atoms with Crippen molar-refractivity contribution in [2.75, 3.05) is 7.05 Å². The van der Waals surface area contributed by atoms with Crippen molar-refractivity contribution in [3.8, 4) is 5.82 Å². The standard InChI is InChI=1S/C21H21F3N8/c1-3-5-16-17(27-13-31-20(16)29-18(30-31)11-21(22,23)24)10-15-7-9-28-32(15)19-14(12-25-2)6-4-8-26-19/h4,6-9,12-13H,3,5,10-11H2,1-2H3. The van der Waals surface area contributed by atoms with Crippen LogP contribution in [-0.2, 0) is 19.3 Å². The fourth-order valence-corrected chi connectivity index (χ4v) is 3.55. The first-order valence-electron chi connectivity index (χ1n) is 10.1. The maximum Gasteiger partial charge on any atom is 0.396 e. The summed E-state index contributed by atoms with van der Waals surface area (Å²) in [6.45, 7) is 1.99. The van der Waals surface area contributed by atoms with Crippen LogP contribution in [-0.4, -0.2) is 53.8 Å². The summed E-state index contributed by atoms with van der Waals surface area (Å²) in [5.74, 6) is 0.363. The minimum absolute atomic E-state index is 0.268. The van der Waals surface area contributed by atoms with Gasteiger partial charge in [-0.3, -0.25) is 4.99 Å². The highest BCUT2D eigenvalue weighted by Crippen LogP contribution is 2.23. The predicted octanol–water partition coefficient (Wildman–Crippen LogP) is 3.40. The lowest BCUT2D eigenvalue weighted by molar-refractivity contribution is -0.128. The molecule has 0 aromatic carbocycles. The molecule has 11 heteroatoms. The Hall–Kier alpha value is -3.63. The molecule has 0 aliphatic carbocycles. The molecule has 0 amide bonds. The third kappa shape index (κ3) is 4.51. The third-order valence-electron chi connectivity index (χ3n) is 4.83. The third-order valence-corrected chi connectivity index (χ3v) is 4.83. The minimum atomic E-state index is -4.37. The van der Waals surface area contributed by atoms with Gasteiger partial charge in [-0.2, -0.15) is 18.3 Å². The molecule has 4 heterocycles. The number of aromatic nitrogens is 7. The van der Waals surface area contributed by atoms with Crippen LogP contribution in [0.4, 0.5) is 13.2 Å². The molecule has 4 aromatic heterocycles. The Balaban J connectivity index is 1.75. The van der Waals surface area contributed by atoms with Gasteiger partial charge in [0.05, 0.1) is 11.4 Å². The molecule has 0 bridgehead atoms. The predicted molar refractivity (Wildman–Crippen MR) is 112 cm³/mol. The number of pyridine rings is 1. The van der Waals surface area contributed by atoms with Gasteiger partial charge in [-0.05, 0) is 24.6 Å². The van der Waals surface area contributed by atoms with E-state index >= 15 is 0 Å². The van der Waals surface area contributed by atoms with Crippen LogP contribution in [0.1, 0.15) is 41.7 Å². The van der Waals surface area contributed by atoms with Gasteiger partial charge in [-0.1, -0.05) is 13.3 Å². The maximum atomic E-state index is 12.8. The number of alkyl halides is 3. The SMILES string of the molecule is CCCc1c(Cc2ccnn2-c2ncccc2C=NC)ncn2nc(CC(F)(F)F)nc12. The van der Waals surface area contributed by atoms with Crippen molar-refractivity contribution in [1.82, 2.24) is 34.3 Å². The number of fused-ring (bicyclic) bond motifs is 1. The Kier molecular flexibility index (Phi) is 5.97. The van der Waals surface area contributed by atoms with Crippen molar-refractivity contribution in [2.24, 2.45) is 4.99 Å². The first-order chi connectivity index (χ1) is 15.4. The van der Waals surface area contributed by atoms with Crippen molar-refractivity contribution in [1.29, 1.82) is 0 Å². The lowest BCUT2D eigenvalue weighted by atomic mass is 10.1. The largest absolute Gasteiger partial charge is 0.396 e. The van der Waals surface area contributed by atoms with Crippen LogP contribution in [0.2, 0.25) is 0 Å². The molecule has 0 aliphatic heterocycles. The summed E-state index contributed by atoms with van der Waals surface area (Å²) in [5.41, 5.74) is 3.54. The molecule has 0 unspecified atom stereocenters. The topological polar surface area (TPSA) is 86.2 Å². The summed E-state index contributed by atoms with van der Waals surface area (Å²) in [4.78, 5) is 17.2. The van der Waals surface area contributed by atoms with Gasteiger partial charge in [0.15, 0.2) is 17.3 Å². The Bertz CT molecular complexity index is 1260. The Morgan fingerprint density at radius 1 is 1.16 bits per heavy atom. The first-order valence-corrected chi connectivity index (χ1v) is 10.1. The zero-order chi connectivity index (χ0) is 22.7. The van der Waals surface area contributed by atoms with Crippen LogP contribution in [0.3, 0.4) is 0 Å². The summed E-state index contributed by atoms with van der Waals surface area (Å²) in [6, 6.07) is 5.58. The van der Waals surface area contributed by atoms with Crippen LogP contribution in [0.15, 0.2) is 41.9 Å². The van der Waals surface area contributed by atoms with E-state index in [-0.39, 0.29) is 5.82 Å². The van der Waals surface area contributed by atoms with Crippen molar-refractivity contribution >= 4 is 11.9 Å². The molecule has 0 atom stereocenters. The van der Waals surface area contributed by atoms with Crippen LogP contribution in [0, 0.1) is 0 Å². The van der Waals surface area contributed by atoms with Crippen molar-refractivity contribution in [3.05, 3.63) is 65.3 Å². The molecule has 0 saturated heterocycles. The minimum Gasteiger partial charge on any atom is -0.296 e. The molecule has 0 radical (unpaired) electrons. The second kappa shape index (κ2) is 8.85. The smallest absolute Gasteiger partial charge is 0.296 e. The van der Waals surface area contributed by atoms with E-state index in [1.54, 1.807) is 30.3 Å². The van der Waals surface area contributed by atoms with Gasteiger partial charge in [-0.15, -0.1) is 5.10 Å². The number of nitrogens with zero attached hydrogens (tertiary/aromatic N) is 8. The quantitative estimate of drug-likeness (QED) is 0.410. The normalized spacial score (nSPS) is 12.3. The number of aliphatic imine (C=N–C) groups is 1. The average molecular weight is 442 g/mol. The maximum absolute atomic E-state index is 12.8. The van der Waals surface area contributed by atoms with E-state index in [9.17, 15) is 13.2 Å².